The predicted octanol–water partition coefficient (Wildman–Crippen LogP) is 5.56. The molecule has 0 unspecified atom stereocenters. The number of benzene rings is 1. The maximum Gasteiger partial charge on any atom is 0.334 e. The highest BCUT2D eigenvalue weighted by atomic mass is 79.9. The summed E-state index contributed by atoms with van der Waals surface area (Å²) in [6.45, 7) is 15.1. The maximum absolute atomic E-state index is 12.7. The van der Waals surface area contributed by atoms with Crippen molar-refractivity contribution in [2.75, 3.05) is 0 Å². The monoisotopic (exact) mass is 463 g/mol. The second-order valence-electron chi connectivity index (χ2n) is 9.54. The molecule has 0 radical (unpaired) electrons. The number of aliphatic carboxylic acids is 2. The van der Waals surface area contributed by atoms with E-state index in [0.717, 1.165) is 4.47 Å². The fourth-order valence-corrected chi connectivity index (χ4v) is 5.22. The number of allylic oxidation sites excluding steroid dienone is 2. The number of rotatable bonds is 3. The molecule has 0 fully saturated rings. The van der Waals surface area contributed by atoms with Gasteiger partial charge in [-0.2, -0.15) is 0 Å². The van der Waals surface area contributed by atoms with Crippen molar-refractivity contribution in [3.63, 3.8) is 0 Å². The van der Waals surface area contributed by atoms with Crippen LogP contribution in [-0.2, 0) is 15.0 Å². The zero-order chi connectivity index (χ0) is 22.5. The zero-order valence-corrected chi connectivity index (χ0v) is 19.9. The van der Waals surface area contributed by atoms with E-state index in [0.29, 0.717) is 17.0 Å². The van der Waals surface area contributed by atoms with Crippen LogP contribution in [0.2, 0.25) is 0 Å². The Kier molecular flexibility index (Phi) is 5.85. The molecule has 1 aliphatic rings. The van der Waals surface area contributed by atoms with Crippen LogP contribution in [0.5, 0.6) is 0 Å². The summed E-state index contributed by atoms with van der Waals surface area (Å²) in [5.74, 6) is -2.22. The normalized spacial score (nSPS) is 17.6. The number of carboxylic acids is 2. The fraction of sp³-hybridized carbons (Fsp3) is 0.478. The van der Waals surface area contributed by atoms with E-state index in [4.69, 9.17) is 0 Å². The van der Waals surface area contributed by atoms with E-state index < -0.39 is 28.3 Å². The van der Waals surface area contributed by atoms with Crippen LogP contribution in [0.25, 0.3) is 0 Å². The molecule has 158 valence electrons. The van der Waals surface area contributed by atoms with Gasteiger partial charge in [0.1, 0.15) is 0 Å². The number of hydrogen-bond acceptors (Lipinski definition) is 3. The van der Waals surface area contributed by atoms with E-state index in [-0.39, 0.29) is 11.1 Å². The van der Waals surface area contributed by atoms with Gasteiger partial charge in [0.15, 0.2) is 0 Å². The molecule has 1 aliphatic heterocycles. The molecule has 0 spiro atoms. The lowest BCUT2D eigenvalue weighted by molar-refractivity contribution is -0.135. The van der Waals surface area contributed by atoms with Crippen LogP contribution in [0.15, 0.2) is 51.3 Å². The van der Waals surface area contributed by atoms with Gasteiger partial charge in [-0.25, -0.2) is 9.59 Å². The molecule has 2 rings (SSSR count). The van der Waals surface area contributed by atoms with E-state index in [9.17, 15) is 19.8 Å². The molecule has 1 aromatic rings. The third-order valence-electron chi connectivity index (χ3n) is 5.65. The quantitative estimate of drug-likeness (QED) is 0.612. The Balaban J connectivity index is 3.18. The Morgan fingerprint density at radius 3 is 1.52 bits per heavy atom. The molecule has 6 heteroatoms. The lowest BCUT2D eigenvalue weighted by Gasteiger charge is -2.54. The van der Waals surface area contributed by atoms with Gasteiger partial charge in [-0.3, -0.25) is 0 Å². The lowest BCUT2D eigenvalue weighted by atomic mass is 9.53. The van der Waals surface area contributed by atoms with Crippen LogP contribution >= 0.6 is 15.9 Å². The summed E-state index contributed by atoms with van der Waals surface area (Å²) >= 11 is 3.42. The zero-order valence-electron chi connectivity index (χ0n) is 18.3. The molecule has 2 N–H and O–H groups in total. The topological polar surface area (TPSA) is 77.8 Å². The van der Waals surface area contributed by atoms with Gasteiger partial charge in [0.05, 0.1) is 16.6 Å². The SMILES string of the molecule is CC1=C(C(=O)O)C(c2ccc(Br)cc2)(C(C)(C)C)C(C(=O)O)=C(C)N1C(C)(C)C. The van der Waals surface area contributed by atoms with Crippen molar-refractivity contribution < 1.29 is 19.8 Å². The molecular formula is C23H30BrNO4. The Bertz CT molecular complexity index is 874. The Morgan fingerprint density at radius 1 is 0.862 bits per heavy atom. The molecule has 0 bridgehead atoms. The molecule has 0 atom stereocenters. The molecule has 0 saturated carbocycles. The Hall–Kier alpha value is -2.08. The van der Waals surface area contributed by atoms with E-state index in [1.54, 1.807) is 13.8 Å². The van der Waals surface area contributed by atoms with E-state index in [1.807, 2.05) is 70.7 Å². The molecule has 5 nitrogen and oxygen atoms in total. The first-order valence-corrected chi connectivity index (χ1v) is 10.3. The maximum atomic E-state index is 12.7. The van der Waals surface area contributed by atoms with Gasteiger partial charge in [0, 0.05) is 21.4 Å². The minimum atomic E-state index is -1.33. The van der Waals surface area contributed by atoms with Crippen LogP contribution in [-0.4, -0.2) is 32.6 Å². The molecule has 1 heterocycles. The highest BCUT2D eigenvalue weighted by Gasteiger charge is 2.58. The third kappa shape index (κ3) is 3.52. The van der Waals surface area contributed by atoms with E-state index in [1.165, 1.54) is 0 Å². The van der Waals surface area contributed by atoms with Gasteiger partial charge < -0.3 is 15.1 Å². The van der Waals surface area contributed by atoms with Gasteiger partial charge in [-0.05, 0) is 57.7 Å². The molecule has 29 heavy (non-hydrogen) atoms. The number of hydrogen-bond donors (Lipinski definition) is 2. The van der Waals surface area contributed by atoms with E-state index >= 15 is 0 Å². The smallest absolute Gasteiger partial charge is 0.334 e. The van der Waals surface area contributed by atoms with Crippen LogP contribution in [0, 0.1) is 5.41 Å². The molecule has 0 aliphatic carbocycles. The first-order chi connectivity index (χ1) is 13.1. The second kappa shape index (κ2) is 7.31. The van der Waals surface area contributed by atoms with Gasteiger partial charge in [0.25, 0.3) is 0 Å². The van der Waals surface area contributed by atoms with Gasteiger partial charge >= 0.3 is 11.9 Å². The standard InChI is InChI=1S/C23H30BrNO4/c1-13-17(19(26)27)23(21(3,4)5,15-9-11-16(24)12-10-15)18(20(28)29)14(2)25(13)22(6,7)8/h9-12H,1-8H3,(H,26,27)(H,28,29). The molecular weight excluding hydrogens is 434 g/mol. The van der Waals surface area contributed by atoms with Crippen molar-refractivity contribution >= 4 is 27.9 Å². The van der Waals surface area contributed by atoms with E-state index in [2.05, 4.69) is 15.9 Å². The first kappa shape index (κ1) is 23.2. The first-order valence-electron chi connectivity index (χ1n) is 9.54. The van der Waals surface area contributed by atoms with Crippen LogP contribution in [0.3, 0.4) is 0 Å². The Morgan fingerprint density at radius 2 is 1.24 bits per heavy atom. The second-order valence-corrected chi connectivity index (χ2v) is 10.5. The number of carboxylic acid groups (broad SMARTS) is 2. The molecule has 0 aromatic heterocycles. The predicted molar refractivity (Wildman–Crippen MR) is 118 cm³/mol. The van der Waals surface area contributed by atoms with Crippen molar-refractivity contribution in [3.05, 3.63) is 56.8 Å². The summed E-state index contributed by atoms with van der Waals surface area (Å²) in [4.78, 5) is 27.2. The third-order valence-corrected chi connectivity index (χ3v) is 6.17. The summed E-state index contributed by atoms with van der Waals surface area (Å²) < 4.78 is 0.840. The van der Waals surface area contributed by atoms with Crippen LogP contribution in [0.1, 0.15) is 61.0 Å². The Labute approximate surface area is 181 Å². The number of halogens is 1. The van der Waals surface area contributed by atoms with Gasteiger partial charge in [-0.15, -0.1) is 0 Å². The molecule has 1 aromatic carbocycles. The highest BCUT2D eigenvalue weighted by Crippen LogP contribution is 2.57. The summed E-state index contributed by atoms with van der Waals surface area (Å²) in [5, 5.41) is 20.8. The average Bonchev–Trinajstić information content (AvgIpc) is 2.51. The number of carbonyl (C=O) groups is 2. The fourth-order valence-electron chi connectivity index (χ4n) is 4.95. The minimum absolute atomic E-state index is 0.102. The summed E-state index contributed by atoms with van der Waals surface area (Å²) in [6, 6.07) is 7.27. The summed E-state index contributed by atoms with van der Waals surface area (Å²) in [7, 11) is 0. The van der Waals surface area contributed by atoms with Gasteiger partial charge in [0.2, 0.25) is 0 Å². The van der Waals surface area contributed by atoms with Crippen molar-refractivity contribution in [1.29, 1.82) is 0 Å². The number of nitrogens with zero attached hydrogens (tertiary/aromatic N) is 1. The summed E-state index contributed by atoms with van der Waals surface area (Å²) in [6.07, 6.45) is 0. The minimum Gasteiger partial charge on any atom is -0.478 e. The van der Waals surface area contributed by atoms with Crippen molar-refractivity contribution in [3.8, 4) is 0 Å². The average molecular weight is 464 g/mol. The molecule has 0 saturated heterocycles. The van der Waals surface area contributed by atoms with Gasteiger partial charge in [-0.1, -0.05) is 48.8 Å². The van der Waals surface area contributed by atoms with Crippen LogP contribution < -0.4 is 0 Å². The molecule has 0 amide bonds. The highest BCUT2D eigenvalue weighted by molar-refractivity contribution is 9.10. The summed E-state index contributed by atoms with van der Waals surface area (Å²) in [5.41, 5.74) is -0.573. The van der Waals surface area contributed by atoms with Crippen molar-refractivity contribution in [1.82, 2.24) is 4.90 Å². The largest absolute Gasteiger partial charge is 0.478 e. The lowest BCUT2D eigenvalue weighted by Crippen LogP contribution is -2.55. The van der Waals surface area contributed by atoms with Crippen LogP contribution in [0.4, 0.5) is 0 Å². The van der Waals surface area contributed by atoms with Crippen molar-refractivity contribution in [2.24, 2.45) is 5.41 Å². The van der Waals surface area contributed by atoms with Crippen molar-refractivity contribution in [2.45, 2.75) is 66.3 Å².